The standard InChI is InChI=1S/C16H17NO2S/c18-15(9-8-13-5-2-1-3-6-13)17-10-12-20-16(17)14-7-4-11-19-14/h1-7,11,16H,8-10,12H2. The second-order valence-electron chi connectivity index (χ2n) is 4.81. The third-order valence-electron chi connectivity index (χ3n) is 3.47. The van der Waals surface area contributed by atoms with Crippen LogP contribution in [0, 0.1) is 0 Å². The number of nitrogens with zero attached hydrogens (tertiary/aromatic N) is 1. The molecule has 2 heterocycles. The summed E-state index contributed by atoms with van der Waals surface area (Å²) in [5, 5.41) is 0.0493. The molecule has 0 bridgehead atoms. The molecule has 1 atom stereocenters. The first-order valence-electron chi connectivity index (χ1n) is 6.83. The van der Waals surface area contributed by atoms with Crippen LogP contribution in [0.15, 0.2) is 53.1 Å². The van der Waals surface area contributed by atoms with E-state index in [-0.39, 0.29) is 11.3 Å². The van der Waals surface area contributed by atoms with Gasteiger partial charge in [0.15, 0.2) is 0 Å². The molecule has 3 nitrogen and oxygen atoms in total. The summed E-state index contributed by atoms with van der Waals surface area (Å²) in [5.74, 6) is 2.06. The Morgan fingerprint density at radius 3 is 2.85 bits per heavy atom. The molecule has 1 unspecified atom stereocenters. The Labute approximate surface area is 123 Å². The highest BCUT2D eigenvalue weighted by Crippen LogP contribution is 2.38. The van der Waals surface area contributed by atoms with Crippen LogP contribution in [0.1, 0.15) is 23.1 Å². The first-order chi connectivity index (χ1) is 9.84. The lowest BCUT2D eigenvalue weighted by Crippen LogP contribution is -2.30. The highest BCUT2D eigenvalue weighted by Gasteiger charge is 2.31. The Kier molecular flexibility index (Phi) is 4.11. The van der Waals surface area contributed by atoms with E-state index in [1.54, 1.807) is 18.0 Å². The molecule has 1 aliphatic heterocycles. The molecule has 1 aromatic carbocycles. The van der Waals surface area contributed by atoms with Crippen LogP contribution in [0.25, 0.3) is 0 Å². The van der Waals surface area contributed by atoms with E-state index in [4.69, 9.17) is 4.42 Å². The van der Waals surface area contributed by atoms with Crippen LogP contribution < -0.4 is 0 Å². The number of carbonyl (C=O) groups excluding carboxylic acids is 1. The molecule has 1 aromatic heterocycles. The Hall–Kier alpha value is -1.68. The number of thioether (sulfide) groups is 1. The molecule has 1 amide bonds. The predicted octanol–water partition coefficient (Wildman–Crippen LogP) is 3.49. The molecule has 0 radical (unpaired) electrons. The zero-order chi connectivity index (χ0) is 13.8. The fraction of sp³-hybridized carbons (Fsp3) is 0.312. The van der Waals surface area contributed by atoms with E-state index in [0.717, 1.165) is 24.5 Å². The second-order valence-corrected chi connectivity index (χ2v) is 6.00. The second kappa shape index (κ2) is 6.18. The van der Waals surface area contributed by atoms with Gasteiger partial charge in [-0.05, 0) is 24.1 Å². The Morgan fingerprint density at radius 2 is 2.10 bits per heavy atom. The Bertz CT molecular complexity index is 553. The van der Waals surface area contributed by atoms with Gasteiger partial charge in [0.2, 0.25) is 5.91 Å². The van der Waals surface area contributed by atoms with Gasteiger partial charge in [0.1, 0.15) is 11.1 Å². The molecule has 0 aliphatic carbocycles. The zero-order valence-electron chi connectivity index (χ0n) is 11.2. The number of benzene rings is 1. The molecule has 1 saturated heterocycles. The SMILES string of the molecule is O=C(CCc1ccccc1)N1CCSC1c1ccco1. The fourth-order valence-electron chi connectivity index (χ4n) is 2.43. The van der Waals surface area contributed by atoms with Crippen LogP contribution in [-0.4, -0.2) is 23.1 Å². The Morgan fingerprint density at radius 1 is 1.25 bits per heavy atom. The molecule has 0 saturated carbocycles. The number of amides is 1. The van der Waals surface area contributed by atoms with Gasteiger partial charge in [0.05, 0.1) is 6.26 Å². The van der Waals surface area contributed by atoms with Crippen molar-refractivity contribution in [2.75, 3.05) is 12.3 Å². The van der Waals surface area contributed by atoms with Crippen molar-refractivity contribution in [3.05, 3.63) is 60.1 Å². The molecule has 4 heteroatoms. The molecule has 0 N–H and O–H groups in total. The van der Waals surface area contributed by atoms with Crippen molar-refractivity contribution in [1.82, 2.24) is 4.90 Å². The average molecular weight is 287 g/mol. The zero-order valence-corrected chi connectivity index (χ0v) is 12.0. The third-order valence-corrected chi connectivity index (χ3v) is 4.69. The van der Waals surface area contributed by atoms with Crippen molar-refractivity contribution >= 4 is 17.7 Å². The van der Waals surface area contributed by atoms with Crippen LogP contribution in [0.5, 0.6) is 0 Å². The number of furan rings is 1. The number of hydrogen-bond donors (Lipinski definition) is 0. The average Bonchev–Trinajstić information content (AvgIpc) is 3.15. The number of aryl methyl sites for hydroxylation is 1. The van der Waals surface area contributed by atoms with Gasteiger partial charge in [-0.15, -0.1) is 11.8 Å². The topological polar surface area (TPSA) is 33.5 Å². The van der Waals surface area contributed by atoms with Crippen molar-refractivity contribution in [3.8, 4) is 0 Å². The van der Waals surface area contributed by atoms with Crippen molar-refractivity contribution in [3.63, 3.8) is 0 Å². The van der Waals surface area contributed by atoms with E-state index < -0.39 is 0 Å². The molecule has 1 fully saturated rings. The van der Waals surface area contributed by atoms with Crippen LogP contribution in [0.4, 0.5) is 0 Å². The maximum absolute atomic E-state index is 12.4. The summed E-state index contributed by atoms with van der Waals surface area (Å²) in [6, 6.07) is 14.0. The Balaban J connectivity index is 1.62. The minimum atomic E-state index is 0.0493. The van der Waals surface area contributed by atoms with Crippen LogP contribution >= 0.6 is 11.8 Å². The molecule has 2 aromatic rings. The van der Waals surface area contributed by atoms with Crippen molar-refractivity contribution in [1.29, 1.82) is 0 Å². The largest absolute Gasteiger partial charge is 0.466 e. The van der Waals surface area contributed by atoms with Gasteiger partial charge in [-0.25, -0.2) is 0 Å². The van der Waals surface area contributed by atoms with Gasteiger partial charge in [-0.3, -0.25) is 4.79 Å². The quantitative estimate of drug-likeness (QED) is 0.863. The lowest BCUT2D eigenvalue weighted by atomic mass is 10.1. The lowest BCUT2D eigenvalue weighted by molar-refractivity contribution is -0.131. The molecular formula is C16H17NO2S. The smallest absolute Gasteiger partial charge is 0.224 e. The maximum atomic E-state index is 12.4. The molecule has 1 aliphatic rings. The molecule has 20 heavy (non-hydrogen) atoms. The van der Waals surface area contributed by atoms with Crippen molar-refractivity contribution in [2.45, 2.75) is 18.2 Å². The number of carbonyl (C=O) groups is 1. The summed E-state index contributed by atoms with van der Waals surface area (Å²) in [7, 11) is 0. The summed E-state index contributed by atoms with van der Waals surface area (Å²) in [5.41, 5.74) is 1.21. The monoisotopic (exact) mass is 287 g/mol. The lowest BCUT2D eigenvalue weighted by Gasteiger charge is -2.22. The first-order valence-corrected chi connectivity index (χ1v) is 7.88. The summed E-state index contributed by atoms with van der Waals surface area (Å²) < 4.78 is 5.45. The minimum absolute atomic E-state index is 0.0493. The molecule has 0 spiro atoms. The highest BCUT2D eigenvalue weighted by molar-refractivity contribution is 7.99. The van der Waals surface area contributed by atoms with Gasteiger partial charge in [-0.1, -0.05) is 30.3 Å². The van der Waals surface area contributed by atoms with Gasteiger partial charge >= 0.3 is 0 Å². The van der Waals surface area contributed by atoms with E-state index in [9.17, 15) is 4.79 Å². The minimum Gasteiger partial charge on any atom is -0.466 e. The van der Waals surface area contributed by atoms with E-state index in [0.29, 0.717) is 6.42 Å². The van der Waals surface area contributed by atoms with Gasteiger partial charge < -0.3 is 9.32 Å². The van der Waals surface area contributed by atoms with E-state index in [1.807, 2.05) is 35.2 Å². The maximum Gasteiger partial charge on any atom is 0.224 e. The first kappa shape index (κ1) is 13.3. The summed E-state index contributed by atoms with van der Waals surface area (Å²) in [6.07, 6.45) is 3.02. The molecule has 3 rings (SSSR count). The van der Waals surface area contributed by atoms with E-state index in [1.165, 1.54) is 5.56 Å². The third kappa shape index (κ3) is 2.90. The summed E-state index contributed by atoms with van der Waals surface area (Å²) >= 11 is 1.77. The fourth-order valence-corrected chi connectivity index (χ4v) is 3.66. The molecule has 104 valence electrons. The van der Waals surface area contributed by atoms with Crippen molar-refractivity contribution in [2.24, 2.45) is 0 Å². The highest BCUT2D eigenvalue weighted by atomic mass is 32.2. The number of rotatable bonds is 4. The van der Waals surface area contributed by atoms with Gasteiger partial charge in [0, 0.05) is 18.7 Å². The van der Waals surface area contributed by atoms with Crippen LogP contribution in [0.3, 0.4) is 0 Å². The number of hydrogen-bond acceptors (Lipinski definition) is 3. The van der Waals surface area contributed by atoms with E-state index in [2.05, 4.69) is 12.1 Å². The summed E-state index contributed by atoms with van der Waals surface area (Å²) in [4.78, 5) is 14.3. The van der Waals surface area contributed by atoms with Crippen LogP contribution in [-0.2, 0) is 11.2 Å². The normalized spacial score (nSPS) is 18.4. The van der Waals surface area contributed by atoms with Gasteiger partial charge in [-0.2, -0.15) is 0 Å². The predicted molar refractivity (Wildman–Crippen MR) is 80.4 cm³/mol. The van der Waals surface area contributed by atoms with Gasteiger partial charge in [0.25, 0.3) is 0 Å². The van der Waals surface area contributed by atoms with Crippen LogP contribution in [0.2, 0.25) is 0 Å². The van der Waals surface area contributed by atoms with Crippen molar-refractivity contribution < 1.29 is 9.21 Å². The molecular weight excluding hydrogens is 270 g/mol. The van der Waals surface area contributed by atoms with E-state index >= 15 is 0 Å². The summed E-state index contributed by atoms with van der Waals surface area (Å²) in [6.45, 7) is 0.809.